The molecule has 1 unspecified atom stereocenters. The summed E-state index contributed by atoms with van der Waals surface area (Å²) in [5.41, 5.74) is 3.01. The number of fused-ring (bicyclic) bond motifs is 1. The minimum Gasteiger partial charge on any atom is -0.356 e. The highest BCUT2D eigenvalue weighted by Crippen LogP contribution is 2.32. The summed E-state index contributed by atoms with van der Waals surface area (Å²) in [6.07, 6.45) is 6.02. The van der Waals surface area contributed by atoms with Crippen LogP contribution in [-0.4, -0.2) is 60.6 Å². The van der Waals surface area contributed by atoms with Gasteiger partial charge >= 0.3 is 0 Å². The second-order valence-corrected chi connectivity index (χ2v) is 6.89. The second kappa shape index (κ2) is 7.72. The highest BCUT2D eigenvalue weighted by atomic mass is 15.4. The summed E-state index contributed by atoms with van der Waals surface area (Å²) in [7, 11) is 1.87. The molecule has 0 bridgehead atoms. The minimum atomic E-state index is 0.585. The Morgan fingerprint density at radius 3 is 2.65 bits per heavy atom. The van der Waals surface area contributed by atoms with Crippen molar-refractivity contribution >= 4 is 11.9 Å². The van der Waals surface area contributed by atoms with Gasteiger partial charge in [0, 0.05) is 58.1 Å². The smallest absolute Gasteiger partial charge is 0.225 e. The first-order valence-corrected chi connectivity index (χ1v) is 9.40. The number of aryl methyl sites for hydroxylation is 1. The number of rotatable bonds is 3. The first-order valence-electron chi connectivity index (χ1n) is 9.40. The molecule has 4 rings (SSSR count). The van der Waals surface area contributed by atoms with Crippen LogP contribution in [0.4, 0.5) is 5.95 Å². The monoisotopic (exact) mass is 350 g/mol. The van der Waals surface area contributed by atoms with Crippen LogP contribution in [0.25, 0.3) is 0 Å². The summed E-state index contributed by atoms with van der Waals surface area (Å²) < 4.78 is 0. The number of nitrogens with zero attached hydrogens (tertiary/aromatic N) is 5. The van der Waals surface area contributed by atoms with Gasteiger partial charge < -0.3 is 15.1 Å². The van der Waals surface area contributed by atoms with E-state index in [1.54, 1.807) is 12.4 Å². The number of hydrogen-bond donors (Lipinski definition) is 1. The van der Waals surface area contributed by atoms with E-state index in [-0.39, 0.29) is 0 Å². The van der Waals surface area contributed by atoms with Crippen molar-refractivity contribution in [2.45, 2.75) is 18.8 Å². The van der Waals surface area contributed by atoms with Crippen molar-refractivity contribution in [1.29, 1.82) is 0 Å². The van der Waals surface area contributed by atoms with Crippen LogP contribution >= 0.6 is 0 Å². The van der Waals surface area contributed by atoms with Gasteiger partial charge in [-0.05, 0) is 30.0 Å². The molecule has 6 heteroatoms. The van der Waals surface area contributed by atoms with Gasteiger partial charge in [-0.15, -0.1) is 0 Å². The Kier molecular flexibility index (Phi) is 5.00. The Balaban J connectivity index is 1.32. The van der Waals surface area contributed by atoms with E-state index in [1.165, 1.54) is 24.0 Å². The second-order valence-electron chi connectivity index (χ2n) is 6.89. The molecular weight excluding hydrogens is 324 g/mol. The van der Waals surface area contributed by atoms with Crippen molar-refractivity contribution in [2.24, 2.45) is 4.99 Å². The molecule has 1 atom stereocenters. The lowest BCUT2D eigenvalue weighted by molar-refractivity contribution is 0.369. The van der Waals surface area contributed by atoms with Crippen molar-refractivity contribution in [3.05, 3.63) is 53.9 Å². The molecule has 2 aliphatic rings. The predicted octanol–water partition coefficient (Wildman–Crippen LogP) is 1.90. The SMILES string of the molecule is CN=C(NCC1CCc2ccccc21)N1CCN(c2ncccn2)CC1. The van der Waals surface area contributed by atoms with Crippen LogP contribution in [0.3, 0.4) is 0 Å². The quantitative estimate of drug-likeness (QED) is 0.677. The van der Waals surface area contributed by atoms with Gasteiger partial charge in [-0.2, -0.15) is 0 Å². The van der Waals surface area contributed by atoms with Gasteiger partial charge in [0.15, 0.2) is 5.96 Å². The van der Waals surface area contributed by atoms with Crippen LogP contribution < -0.4 is 10.2 Å². The van der Waals surface area contributed by atoms with Crippen molar-refractivity contribution in [2.75, 3.05) is 44.7 Å². The molecule has 136 valence electrons. The fourth-order valence-electron chi connectivity index (χ4n) is 3.98. The van der Waals surface area contributed by atoms with Gasteiger partial charge in [0.25, 0.3) is 0 Å². The number of aromatic nitrogens is 2. The molecular formula is C20H26N6. The number of benzene rings is 1. The molecule has 1 N–H and O–H groups in total. The maximum Gasteiger partial charge on any atom is 0.225 e. The summed E-state index contributed by atoms with van der Waals surface area (Å²) in [4.78, 5) is 17.8. The van der Waals surface area contributed by atoms with E-state index in [0.29, 0.717) is 5.92 Å². The molecule has 0 saturated carbocycles. The molecule has 1 fully saturated rings. The number of nitrogens with one attached hydrogen (secondary N) is 1. The van der Waals surface area contributed by atoms with Gasteiger partial charge in [-0.3, -0.25) is 4.99 Å². The van der Waals surface area contributed by atoms with E-state index >= 15 is 0 Å². The number of guanidine groups is 1. The van der Waals surface area contributed by atoms with Gasteiger partial charge in [0.1, 0.15) is 0 Å². The normalized spacial score (nSPS) is 20.2. The molecule has 6 nitrogen and oxygen atoms in total. The molecule has 1 saturated heterocycles. The molecule has 0 amide bonds. The van der Waals surface area contributed by atoms with Crippen LogP contribution in [0.1, 0.15) is 23.5 Å². The van der Waals surface area contributed by atoms with E-state index in [1.807, 2.05) is 13.1 Å². The average Bonchev–Trinajstić information content (AvgIpc) is 3.13. The Hall–Kier alpha value is -2.63. The van der Waals surface area contributed by atoms with E-state index in [9.17, 15) is 0 Å². The fourth-order valence-corrected chi connectivity index (χ4v) is 3.98. The van der Waals surface area contributed by atoms with Crippen LogP contribution in [0.15, 0.2) is 47.7 Å². The number of anilines is 1. The lowest BCUT2D eigenvalue weighted by Crippen LogP contribution is -2.53. The number of hydrogen-bond acceptors (Lipinski definition) is 4. The average molecular weight is 350 g/mol. The van der Waals surface area contributed by atoms with Crippen molar-refractivity contribution in [3.8, 4) is 0 Å². The zero-order valence-corrected chi connectivity index (χ0v) is 15.3. The van der Waals surface area contributed by atoms with Crippen molar-refractivity contribution < 1.29 is 0 Å². The van der Waals surface area contributed by atoms with E-state index in [0.717, 1.165) is 44.6 Å². The molecule has 0 spiro atoms. The summed E-state index contributed by atoms with van der Waals surface area (Å²) >= 11 is 0. The number of piperazine rings is 1. The molecule has 2 aromatic rings. The van der Waals surface area contributed by atoms with Crippen LogP contribution in [0.5, 0.6) is 0 Å². The minimum absolute atomic E-state index is 0.585. The first kappa shape index (κ1) is 16.8. The molecule has 26 heavy (non-hydrogen) atoms. The standard InChI is InChI=1S/C20H26N6/c1-21-19(24-15-17-8-7-16-5-2-3-6-18(16)17)25-11-13-26(14-12-25)20-22-9-4-10-23-20/h2-6,9-10,17H,7-8,11-15H2,1H3,(H,21,24). The maximum atomic E-state index is 4.51. The fraction of sp³-hybridized carbons (Fsp3) is 0.450. The largest absolute Gasteiger partial charge is 0.356 e. The lowest BCUT2D eigenvalue weighted by Gasteiger charge is -2.36. The lowest BCUT2D eigenvalue weighted by atomic mass is 10.0. The van der Waals surface area contributed by atoms with E-state index < -0.39 is 0 Å². The zero-order chi connectivity index (χ0) is 17.8. The highest BCUT2D eigenvalue weighted by molar-refractivity contribution is 5.80. The highest BCUT2D eigenvalue weighted by Gasteiger charge is 2.24. The predicted molar refractivity (Wildman–Crippen MR) is 105 cm³/mol. The van der Waals surface area contributed by atoms with Crippen LogP contribution in [-0.2, 0) is 6.42 Å². The Bertz CT molecular complexity index is 752. The molecule has 1 aromatic heterocycles. The third kappa shape index (κ3) is 3.49. The Labute approximate surface area is 155 Å². The molecule has 0 radical (unpaired) electrons. The molecule has 1 aromatic carbocycles. The molecule has 1 aliphatic carbocycles. The van der Waals surface area contributed by atoms with Gasteiger partial charge in [-0.1, -0.05) is 24.3 Å². The summed E-state index contributed by atoms with van der Waals surface area (Å²) in [6, 6.07) is 10.7. The third-order valence-corrected chi connectivity index (χ3v) is 5.39. The Morgan fingerprint density at radius 1 is 1.12 bits per heavy atom. The van der Waals surface area contributed by atoms with Gasteiger partial charge in [0.2, 0.25) is 5.95 Å². The zero-order valence-electron chi connectivity index (χ0n) is 15.3. The summed E-state index contributed by atoms with van der Waals surface area (Å²) in [5.74, 6) is 2.41. The van der Waals surface area contributed by atoms with Gasteiger partial charge in [0.05, 0.1) is 0 Å². The third-order valence-electron chi connectivity index (χ3n) is 5.39. The van der Waals surface area contributed by atoms with Crippen molar-refractivity contribution in [1.82, 2.24) is 20.2 Å². The summed E-state index contributed by atoms with van der Waals surface area (Å²) in [6.45, 7) is 4.64. The molecule has 1 aliphatic heterocycles. The Morgan fingerprint density at radius 2 is 1.88 bits per heavy atom. The topological polar surface area (TPSA) is 56.7 Å². The summed E-state index contributed by atoms with van der Waals surface area (Å²) in [5, 5.41) is 3.60. The maximum absolute atomic E-state index is 4.51. The van der Waals surface area contributed by atoms with Crippen LogP contribution in [0, 0.1) is 0 Å². The molecule has 2 heterocycles. The van der Waals surface area contributed by atoms with Gasteiger partial charge in [-0.25, -0.2) is 9.97 Å². The van der Waals surface area contributed by atoms with E-state index in [4.69, 9.17) is 0 Å². The van der Waals surface area contributed by atoms with Crippen molar-refractivity contribution in [3.63, 3.8) is 0 Å². The van der Waals surface area contributed by atoms with E-state index in [2.05, 4.69) is 54.3 Å². The first-order chi connectivity index (χ1) is 12.8. The van der Waals surface area contributed by atoms with Crippen LogP contribution in [0.2, 0.25) is 0 Å². The number of aliphatic imine (C=N–C) groups is 1.